The second kappa shape index (κ2) is 5.15. The number of fused-ring (bicyclic) bond motifs is 1. The van der Waals surface area contributed by atoms with Crippen LogP contribution < -0.4 is 10.9 Å². The summed E-state index contributed by atoms with van der Waals surface area (Å²) in [5.41, 5.74) is 1.54. The van der Waals surface area contributed by atoms with E-state index in [0.717, 1.165) is 54.3 Å². The van der Waals surface area contributed by atoms with Crippen molar-refractivity contribution in [3.8, 4) is 0 Å². The van der Waals surface area contributed by atoms with E-state index < -0.39 is 0 Å². The Morgan fingerprint density at radius 1 is 1.36 bits per heavy atom. The lowest BCUT2D eigenvalue weighted by molar-refractivity contribution is 0.264. The van der Waals surface area contributed by atoms with E-state index in [-0.39, 0.29) is 5.56 Å². The molecule has 1 spiro atoms. The zero-order valence-corrected chi connectivity index (χ0v) is 14.0. The van der Waals surface area contributed by atoms with Crippen LogP contribution in [0.5, 0.6) is 0 Å². The fourth-order valence-electron chi connectivity index (χ4n) is 3.89. The molecule has 2 aliphatic heterocycles. The molecule has 5 nitrogen and oxygen atoms in total. The van der Waals surface area contributed by atoms with Gasteiger partial charge in [-0.15, -0.1) is 11.3 Å². The first-order valence-electron chi connectivity index (χ1n) is 7.98. The SMILES string of the molecule is Cc1sc2nc(CN3CCC4(CCNC4)C3)[nH]c(=O)c2c1C. The zero-order valence-electron chi connectivity index (χ0n) is 13.2. The molecule has 1 atom stereocenters. The molecule has 118 valence electrons. The fraction of sp³-hybridized carbons (Fsp3) is 0.625. The largest absolute Gasteiger partial charge is 0.316 e. The molecule has 0 saturated carbocycles. The molecule has 2 fully saturated rings. The van der Waals surface area contributed by atoms with Gasteiger partial charge in [-0.3, -0.25) is 9.69 Å². The van der Waals surface area contributed by atoms with Crippen molar-refractivity contribution in [3.05, 3.63) is 26.6 Å². The minimum Gasteiger partial charge on any atom is -0.316 e. The summed E-state index contributed by atoms with van der Waals surface area (Å²) in [6, 6.07) is 0. The number of H-pyrrole nitrogens is 1. The summed E-state index contributed by atoms with van der Waals surface area (Å²) < 4.78 is 0. The number of aromatic nitrogens is 2. The molecule has 2 aromatic rings. The number of aromatic amines is 1. The van der Waals surface area contributed by atoms with E-state index in [4.69, 9.17) is 4.98 Å². The first kappa shape index (κ1) is 14.4. The van der Waals surface area contributed by atoms with Gasteiger partial charge in [0.1, 0.15) is 10.7 Å². The molecule has 1 unspecified atom stereocenters. The molecule has 4 heterocycles. The fourth-order valence-corrected chi connectivity index (χ4v) is 4.94. The summed E-state index contributed by atoms with van der Waals surface area (Å²) in [5, 5.41) is 4.25. The number of aryl methyl sites for hydroxylation is 2. The monoisotopic (exact) mass is 318 g/mol. The van der Waals surface area contributed by atoms with Crippen molar-refractivity contribution in [1.29, 1.82) is 0 Å². The zero-order chi connectivity index (χ0) is 15.3. The lowest BCUT2D eigenvalue weighted by Crippen LogP contribution is -2.29. The maximum atomic E-state index is 12.3. The highest BCUT2D eigenvalue weighted by Crippen LogP contribution is 2.36. The number of rotatable bonds is 2. The summed E-state index contributed by atoms with van der Waals surface area (Å²) in [5.74, 6) is 0.807. The number of hydrogen-bond acceptors (Lipinski definition) is 5. The van der Waals surface area contributed by atoms with E-state index in [1.165, 1.54) is 17.7 Å². The molecule has 2 saturated heterocycles. The van der Waals surface area contributed by atoms with Crippen LogP contribution in [0.25, 0.3) is 10.2 Å². The first-order valence-corrected chi connectivity index (χ1v) is 8.80. The Balaban J connectivity index is 1.59. The molecular weight excluding hydrogens is 296 g/mol. The van der Waals surface area contributed by atoms with Crippen molar-refractivity contribution >= 4 is 21.6 Å². The number of nitrogens with one attached hydrogen (secondary N) is 2. The van der Waals surface area contributed by atoms with Gasteiger partial charge in [-0.2, -0.15) is 0 Å². The molecule has 2 aliphatic rings. The van der Waals surface area contributed by atoms with E-state index in [0.29, 0.717) is 5.41 Å². The minimum atomic E-state index is 0.0123. The van der Waals surface area contributed by atoms with Crippen molar-refractivity contribution in [1.82, 2.24) is 20.2 Å². The molecule has 0 radical (unpaired) electrons. The molecule has 0 aliphatic carbocycles. The summed E-state index contributed by atoms with van der Waals surface area (Å²) in [4.78, 5) is 24.5. The molecule has 0 bridgehead atoms. The van der Waals surface area contributed by atoms with Gasteiger partial charge >= 0.3 is 0 Å². The molecule has 6 heteroatoms. The van der Waals surface area contributed by atoms with Crippen LogP contribution >= 0.6 is 11.3 Å². The predicted octanol–water partition coefficient (Wildman–Crippen LogP) is 1.79. The average molecular weight is 318 g/mol. The standard InChI is InChI=1S/C16H22N4OS/c1-10-11(2)22-15-13(10)14(21)18-12(19-15)7-20-6-4-16(9-20)3-5-17-8-16/h17H,3-9H2,1-2H3,(H,18,19,21). The van der Waals surface area contributed by atoms with Crippen LogP contribution in [-0.2, 0) is 6.54 Å². The molecular formula is C16H22N4OS. The molecule has 22 heavy (non-hydrogen) atoms. The second-order valence-corrected chi connectivity index (χ2v) is 8.07. The van der Waals surface area contributed by atoms with Crippen LogP contribution in [0.4, 0.5) is 0 Å². The van der Waals surface area contributed by atoms with Gasteiger partial charge in [0, 0.05) is 18.0 Å². The highest BCUT2D eigenvalue weighted by molar-refractivity contribution is 7.18. The van der Waals surface area contributed by atoms with E-state index in [1.54, 1.807) is 11.3 Å². The van der Waals surface area contributed by atoms with Crippen LogP contribution in [0.3, 0.4) is 0 Å². The number of thiophene rings is 1. The average Bonchev–Trinajstić information content (AvgIpc) is 3.14. The summed E-state index contributed by atoms with van der Waals surface area (Å²) >= 11 is 1.62. The lowest BCUT2D eigenvalue weighted by Gasteiger charge is -2.22. The third-order valence-corrected chi connectivity index (χ3v) is 6.41. The molecule has 0 aromatic carbocycles. The Morgan fingerprint density at radius 2 is 2.23 bits per heavy atom. The lowest BCUT2D eigenvalue weighted by atomic mass is 9.87. The smallest absolute Gasteiger partial charge is 0.259 e. The van der Waals surface area contributed by atoms with Gasteiger partial charge in [0.05, 0.1) is 11.9 Å². The summed E-state index contributed by atoms with van der Waals surface area (Å²) in [6.45, 7) is 9.30. The van der Waals surface area contributed by atoms with Gasteiger partial charge in [-0.25, -0.2) is 4.98 Å². The molecule has 4 rings (SSSR count). The van der Waals surface area contributed by atoms with Gasteiger partial charge < -0.3 is 10.3 Å². The quantitative estimate of drug-likeness (QED) is 0.886. The Morgan fingerprint density at radius 3 is 3.00 bits per heavy atom. The van der Waals surface area contributed by atoms with E-state index >= 15 is 0 Å². The Kier molecular flexibility index (Phi) is 3.36. The third-order valence-electron chi connectivity index (χ3n) is 5.31. The second-order valence-electron chi connectivity index (χ2n) is 6.86. The summed E-state index contributed by atoms with van der Waals surface area (Å²) in [6.07, 6.45) is 2.53. The molecule has 2 N–H and O–H groups in total. The Labute approximate surface area is 133 Å². The maximum absolute atomic E-state index is 12.3. The van der Waals surface area contributed by atoms with Crippen LogP contribution in [0, 0.1) is 19.3 Å². The highest BCUT2D eigenvalue weighted by Gasteiger charge is 2.40. The van der Waals surface area contributed by atoms with Crippen LogP contribution in [0.1, 0.15) is 29.1 Å². The highest BCUT2D eigenvalue weighted by atomic mass is 32.1. The van der Waals surface area contributed by atoms with E-state index in [1.807, 2.05) is 6.92 Å². The topological polar surface area (TPSA) is 61.0 Å². The third kappa shape index (κ3) is 2.30. The minimum absolute atomic E-state index is 0.0123. The number of nitrogens with zero attached hydrogens (tertiary/aromatic N) is 2. The first-order chi connectivity index (χ1) is 10.6. The number of likely N-dealkylation sites (tertiary alicyclic amines) is 1. The van der Waals surface area contributed by atoms with Crippen LogP contribution in [0.15, 0.2) is 4.79 Å². The van der Waals surface area contributed by atoms with Gasteiger partial charge in [0.2, 0.25) is 0 Å². The van der Waals surface area contributed by atoms with E-state index in [9.17, 15) is 4.79 Å². The normalized spacial score (nSPS) is 25.7. The predicted molar refractivity (Wildman–Crippen MR) is 89.5 cm³/mol. The van der Waals surface area contributed by atoms with E-state index in [2.05, 4.69) is 22.1 Å². The van der Waals surface area contributed by atoms with Gasteiger partial charge in [0.25, 0.3) is 5.56 Å². The van der Waals surface area contributed by atoms with Crippen molar-refractivity contribution < 1.29 is 0 Å². The van der Waals surface area contributed by atoms with Crippen molar-refractivity contribution in [2.45, 2.75) is 33.2 Å². The molecule has 2 aromatic heterocycles. The van der Waals surface area contributed by atoms with Gasteiger partial charge in [-0.05, 0) is 50.8 Å². The van der Waals surface area contributed by atoms with Crippen LogP contribution in [0.2, 0.25) is 0 Å². The number of hydrogen-bond donors (Lipinski definition) is 2. The van der Waals surface area contributed by atoms with Crippen LogP contribution in [-0.4, -0.2) is 41.0 Å². The van der Waals surface area contributed by atoms with Gasteiger partial charge in [0.15, 0.2) is 0 Å². The molecule has 0 amide bonds. The van der Waals surface area contributed by atoms with Crippen molar-refractivity contribution in [3.63, 3.8) is 0 Å². The Hall–Kier alpha value is -1.24. The summed E-state index contributed by atoms with van der Waals surface area (Å²) in [7, 11) is 0. The van der Waals surface area contributed by atoms with Crippen molar-refractivity contribution in [2.24, 2.45) is 5.41 Å². The Bertz CT molecular complexity index is 772. The van der Waals surface area contributed by atoms with Gasteiger partial charge in [-0.1, -0.05) is 0 Å². The van der Waals surface area contributed by atoms with Crippen molar-refractivity contribution in [2.75, 3.05) is 26.2 Å². The maximum Gasteiger partial charge on any atom is 0.259 e.